The zero-order valence-electron chi connectivity index (χ0n) is 12.1. The van der Waals surface area contributed by atoms with Crippen LogP contribution in [0, 0.1) is 0 Å². The quantitative estimate of drug-likeness (QED) is 0.811. The number of nitrogens with zero attached hydrogens (tertiary/aromatic N) is 1. The van der Waals surface area contributed by atoms with E-state index in [0.29, 0.717) is 12.2 Å². The van der Waals surface area contributed by atoms with Gasteiger partial charge in [0, 0.05) is 18.4 Å². The van der Waals surface area contributed by atoms with Crippen LogP contribution in [0.2, 0.25) is 6.82 Å². The second kappa shape index (κ2) is 5.71. The van der Waals surface area contributed by atoms with Crippen LogP contribution in [0.5, 0.6) is 0 Å². The van der Waals surface area contributed by atoms with Gasteiger partial charge >= 0.3 is 6.92 Å². The van der Waals surface area contributed by atoms with Gasteiger partial charge < -0.3 is 10.4 Å². The van der Waals surface area contributed by atoms with Crippen LogP contribution in [-0.4, -0.2) is 26.9 Å². The SMILES string of the molecule is CB1O[C@@H](CN)c2ccc(NS(=O)(=O)c3ccccn3)cc21. The molecule has 0 saturated carbocycles. The van der Waals surface area contributed by atoms with Crippen molar-refractivity contribution in [3.05, 3.63) is 48.2 Å². The van der Waals surface area contributed by atoms with Crippen molar-refractivity contribution in [1.82, 2.24) is 4.98 Å². The number of hydrogen-bond acceptors (Lipinski definition) is 5. The maximum atomic E-state index is 12.3. The highest BCUT2D eigenvalue weighted by Gasteiger charge is 2.31. The number of fused-ring (bicyclic) bond motifs is 1. The Labute approximate surface area is 129 Å². The lowest BCUT2D eigenvalue weighted by Gasteiger charge is -2.11. The van der Waals surface area contributed by atoms with E-state index in [1.54, 1.807) is 24.3 Å². The van der Waals surface area contributed by atoms with E-state index >= 15 is 0 Å². The van der Waals surface area contributed by atoms with E-state index in [2.05, 4.69) is 9.71 Å². The molecule has 2 heterocycles. The van der Waals surface area contributed by atoms with Gasteiger partial charge in [-0.1, -0.05) is 19.0 Å². The van der Waals surface area contributed by atoms with Gasteiger partial charge in [-0.3, -0.25) is 4.72 Å². The molecule has 3 rings (SSSR count). The maximum absolute atomic E-state index is 12.3. The van der Waals surface area contributed by atoms with Crippen LogP contribution in [-0.2, 0) is 14.7 Å². The number of nitrogens with one attached hydrogen (secondary N) is 1. The van der Waals surface area contributed by atoms with Gasteiger partial charge in [0.05, 0.1) is 6.10 Å². The summed E-state index contributed by atoms with van der Waals surface area (Å²) in [5, 5.41) is -0.0142. The molecule has 0 fully saturated rings. The van der Waals surface area contributed by atoms with Gasteiger partial charge in [0.1, 0.15) is 0 Å². The molecule has 1 aromatic heterocycles. The van der Waals surface area contributed by atoms with Gasteiger partial charge in [0.15, 0.2) is 5.03 Å². The van der Waals surface area contributed by atoms with E-state index in [-0.39, 0.29) is 18.0 Å². The van der Waals surface area contributed by atoms with Crippen LogP contribution in [0.25, 0.3) is 0 Å². The third-order valence-corrected chi connectivity index (χ3v) is 4.92. The van der Waals surface area contributed by atoms with Crippen LogP contribution in [0.15, 0.2) is 47.6 Å². The molecular weight excluding hydrogens is 301 g/mol. The molecule has 0 saturated heterocycles. The molecule has 8 heteroatoms. The summed E-state index contributed by atoms with van der Waals surface area (Å²) < 4.78 is 32.8. The van der Waals surface area contributed by atoms with E-state index in [0.717, 1.165) is 11.0 Å². The van der Waals surface area contributed by atoms with Crippen LogP contribution >= 0.6 is 0 Å². The minimum atomic E-state index is -3.69. The van der Waals surface area contributed by atoms with E-state index in [1.807, 2.05) is 12.9 Å². The molecule has 22 heavy (non-hydrogen) atoms. The Balaban J connectivity index is 1.90. The van der Waals surface area contributed by atoms with Crippen LogP contribution in [0.1, 0.15) is 11.7 Å². The molecule has 1 aliphatic rings. The summed E-state index contributed by atoms with van der Waals surface area (Å²) in [5.74, 6) is 0. The van der Waals surface area contributed by atoms with Crippen molar-refractivity contribution in [2.24, 2.45) is 5.73 Å². The van der Waals surface area contributed by atoms with Gasteiger partial charge in [-0.2, -0.15) is 8.42 Å². The highest BCUT2D eigenvalue weighted by atomic mass is 32.2. The molecule has 0 unspecified atom stereocenters. The Hall–Kier alpha value is -1.90. The van der Waals surface area contributed by atoms with E-state index in [4.69, 9.17) is 10.4 Å². The summed E-state index contributed by atoms with van der Waals surface area (Å²) in [4.78, 5) is 3.87. The Morgan fingerprint density at radius 1 is 1.36 bits per heavy atom. The zero-order valence-corrected chi connectivity index (χ0v) is 12.9. The van der Waals surface area contributed by atoms with E-state index in [1.165, 1.54) is 12.3 Å². The highest BCUT2D eigenvalue weighted by Crippen LogP contribution is 2.25. The number of anilines is 1. The van der Waals surface area contributed by atoms with E-state index < -0.39 is 10.0 Å². The Morgan fingerprint density at radius 3 is 2.86 bits per heavy atom. The van der Waals surface area contributed by atoms with Crippen molar-refractivity contribution in [2.45, 2.75) is 18.0 Å². The van der Waals surface area contributed by atoms with Crippen molar-refractivity contribution >= 4 is 28.1 Å². The summed E-state index contributed by atoms with van der Waals surface area (Å²) in [6, 6.07) is 10.1. The predicted octanol–water partition coefficient (Wildman–Crippen LogP) is 0.741. The summed E-state index contributed by atoms with van der Waals surface area (Å²) in [7, 11) is -3.69. The first-order valence-electron chi connectivity index (χ1n) is 6.94. The smallest absolute Gasteiger partial charge is 0.324 e. The van der Waals surface area contributed by atoms with Crippen LogP contribution in [0.3, 0.4) is 0 Å². The van der Waals surface area contributed by atoms with Crippen LogP contribution in [0.4, 0.5) is 5.69 Å². The molecule has 114 valence electrons. The van der Waals surface area contributed by atoms with Crippen molar-refractivity contribution in [1.29, 1.82) is 0 Å². The van der Waals surface area contributed by atoms with Crippen molar-refractivity contribution in [2.75, 3.05) is 11.3 Å². The lowest BCUT2D eigenvalue weighted by molar-refractivity contribution is 0.235. The average Bonchev–Trinajstić information content (AvgIpc) is 2.84. The summed E-state index contributed by atoms with van der Waals surface area (Å²) >= 11 is 0. The van der Waals surface area contributed by atoms with Gasteiger partial charge in [0.2, 0.25) is 0 Å². The summed E-state index contributed by atoms with van der Waals surface area (Å²) in [6.45, 7) is 2.21. The number of aromatic nitrogens is 1. The zero-order chi connectivity index (χ0) is 15.7. The lowest BCUT2D eigenvalue weighted by atomic mass is 9.64. The van der Waals surface area contributed by atoms with Crippen molar-refractivity contribution in [3.63, 3.8) is 0 Å². The molecule has 0 aliphatic carbocycles. The van der Waals surface area contributed by atoms with E-state index in [9.17, 15) is 8.42 Å². The number of benzene rings is 1. The van der Waals surface area contributed by atoms with Gasteiger partial charge in [-0.15, -0.1) is 0 Å². The first kappa shape index (κ1) is 15.0. The molecule has 0 radical (unpaired) electrons. The maximum Gasteiger partial charge on any atom is 0.324 e. The molecule has 1 aliphatic heterocycles. The van der Waals surface area contributed by atoms with Gasteiger partial charge in [0.25, 0.3) is 10.0 Å². The Morgan fingerprint density at radius 2 is 2.18 bits per heavy atom. The fourth-order valence-electron chi connectivity index (χ4n) is 2.57. The number of nitrogens with two attached hydrogens (primary N) is 1. The van der Waals surface area contributed by atoms with Crippen LogP contribution < -0.4 is 15.9 Å². The summed E-state index contributed by atoms with van der Waals surface area (Å²) in [5.41, 5.74) is 8.13. The third kappa shape index (κ3) is 2.72. The van der Waals surface area contributed by atoms with Crippen molar-refractivity contribution < 1.29 is 13.1 Å². The minimum Gasteiger partial charge on any atom is -0.423 e. The molecular formula is C14H16BN3O3S. The summed E-state index contributed by atoms with van der Waals surface area (Å²) in [6.07, 6.45) is 1.31. The third-order valence-electron chi connectivity index (χ3n) is 3.62. The second-order valence-corrected chi connectivity index (χ2v) is 6.75. The first-order chi connectivity index (χ1) is 10.5. The largest absolute Gasteiger partial charge is 0.423 e. The number of hydrogen-bond donors (Lipinski definition) is 2. The molecule has 6 nitrogen and oxygen atoms in total. The highest BCUT2D eigenvalue weighted by molar-refractivity contribution is 7.92. The van der Waals surface area contributed by atoms with Gasteiger partial charge in [-0.05, 0) is 35.3 Å². The number of rotatable bonds is 4. The van der Waals surface area contributed by atoms with Gasteiger partial charge in [-0.25, -0.2) is 4.98 Å². The Kier molecular flexibility index (Phi) is 3.90. The molecule has 0 amide bonds. The molecule has 0 bridgehead atoms. The predicted molar refractivity (Wildman–Crippen MR) is 85.6 cm³/mol. The number of pyridine rings is 1. The molecule has 1 aromatic carbocycles. The standard InChI is InChI=1S/C14H16BN3O3S/c1-15-12-8-10(5-6-11(12)13(9-16)21-15)18-22(19,20)14-4-2-3-7-17-14/h2-8,13,18H,9,16H2,1H3/t13-/m0/s1. The van der Waals surface area contributed by atoms with Crippen molar-refractivity contribution in [3.8, 4) is 0 Å². The lowest BCUT2D eigenvalue weighted by Crippen LogP contribution is -2.25. The molecule has 0 spiro atoms. The minimum absolute atomic E-state index is 0.0142. The second-order valence-electron chi connectivity index (χ2n) is 5.12. The topological polar surface area (TPSA) is 94.3 Å². The molecule has 3 N–H and O–H groups in total. The average molecular weight is 317 g/mol. The normalized spacial score (nSPS) is 17.4. The fourth-order valence-corrected chi connectivity index (χ4v) is 3.57. The Bertz CT molecular complexity index is 783. The number of sulfonamides is 1. The molecule has 1 atom stereocenters. The monoisotopic (exact) mass is 317 g/mol. The first-order valence-corrected chi connectivity index (χ1v) is 8.43. The molecule has 2 aromatic rings. The fraction of sp³-hybridized carbons (Fsp3) is 0.214.